The number of nitrogens with zero attached hydrogens (tertiary/aromatic N) is 3. The van der Waals surface area contributed by atoms with E-state index in [4.69, 9.17) is 4.74 Å². The first-order chi connectivity index (χ1) is 10.4. The summed E-state index contributed by atoms with van der Waals surface area (Å²) in [6.45, 7) is 10.2. The molecule has 22 heavy (non-hydrogen) atoms. The van der Waals surface area contributed by atoms with Gasteiger partial charge in [0, 0.05) is 31.9 Å². The molecule has 124 valence electrons. The molecule has 0 atom stereocenters. The summed E-state index contributed by atoms with van der Waals surface area (Å²) in [5.74, 6) is 0. The third kappa shape index (κ3) is 4.93. The smallest absolute Gasteiger partial charge is 0.410 e. The Kier molecular flexibility index (Phi) is 5.32. The number of piperidine rings is 1. The van der Waals surface area contributed by atoms with Crippen molar-refractivity contribution in [2.24, 2.45) is 0 Å². The molecule has 1 fully saturated rings. The number of ether oxygens (including phenoxy) is 1. The van der Waals surface area contributed by atoms with Crippen molar-refractivity contribution in [3.8, 4) is 0 Å². The molecule has 1 aromatic rings. The minimum Gasteiger partial charge on any atom is -0.444 e. The Hall–Kier alpha value is -1.72. The summed E-state index contributed by atoms with van der Waals surface area (Å²) < 4.78 is 7.37. The van der Waals surface area contributed by atoms with Gasteiger partial charge in [-0.3, -0.25) is 4.68 Å². The lowest BCUT2D eigenvalue weighted by Crippen LogP contribution is -2.44. The molecule has 6 heteroatoms. The van der Waals surface area contributed by atoms with Crippen LogP contribution in [0.25, 0.3) is 0 Å². The van der Waals surface area contributed by atoms with E-state index in [9.17, 15) is 4.79 Å². The second-order valence-corrected chi connectivity index (χ2v) is 6.88. The van der Waals surface area contributed by atoms with Gasteiger partial charge in [0.25, 0.3) is 0 Å². The molecule has 1 aliphatic heterocycles. The Balaban J connectivity index is 1.78. The highest BCUT2D eigenvalue weighted by Crippen LogP contribution is 2.18. The molecule has 2 heterocycles. The number of aryl methyl sites for hydroxylation is 1. The van der Waals surface area contributed by atoms with Crippen LogP contribution in [0.4, 0.5) is 10.5 Å². The predicted octanol–water partition coefficient (Wildman–Crippen LogP) is 3.10. The molecule has 1 amide bonds. The van der Waals surface area contributed by atoms with E-state index in [0.717, 1.165) is 44.6 Å². The SMILES string of the molecule is CCCn1cc(NC2CCN(C(=O)OC(C)(C)C)CC2)cn1. The molecule has 1 N–H and O–H groups in total. The molecular weight excluding hydrogens is 280 g/mol. The van der Waals surface area contributed by atoms with E-state index in [2.05, 4.69) is 17.3 Å². The maximum absolute atomic E-state index is 12.0. The Morgan fingerprint density at radius 1 is 1.41 bits per heavy atom. The number of anilines is 1. The van der Waals surface area contributed by atoms with Crippen molar-refractivity contribution in [2.75, 3.05) is 18.4 Å². The fraction of sp³-hybridized carbons (Fsp3) is 0.750. The quantitative estimate of drug-likeness (QED) is 0.928. The largest absolute Gasteiger partial charge is 0.444 e. The van der Waals surface area contributed by atoms with Gasteiger partial charge in [-0.15, -0.1) is 0 Å². The summed E-state index contributed by atoms with van der Waals surface area (Å²) in [6.07, 6.45) is 6.65. The zero-order valence-electron chi connectivity index (χ0n) is 14.1. The van der Waals surface area contributed by atoms with Gasteiger partial charge in [-0.1, -0.05) is 6.92 Å². The zero-order valence-corrected chi connectivity index (χ0v) is 14.1. The van der Waals surface area contributed by atoms with Crippen LogP contribution in [-0.4, -0.2) is 45.5 Å². The Labute approximate surface area is 132 Å². The summed E-state index contributed by atoms with van der Waals surface area (Å²) >= 11 is 0. The number of carbonyl (C=O) groups is 1. The third-order valence-electron chi connectivity index (χ3n) is 3.60. The average Bonchev–Trinajstić information content (AvgIpc) is 2.85. The number of amides is 1. The number of nitrogens with one attached hydrogen (secondary N) is 1. The van der Waals surface area contributed by atoms with Crippen LogP contribution in [0.2, 0.25) is 0 Å². The Morgan fingerprint density at radius 2 is 2.09 bits per heavy atom. The lowest BCUT2D eigenvalue weighted by Gasteiger charge is -2.33. The molecule has 0 unspecified atom stereocenters. The molecule has 1 aliphatic rings. The second kappa shape index (κ2) is 7.03. The third-order valence-corrected chi connectivity index (χ3v) is 3.60. The van der Waals surface area contributed by atoms with Crippen molar-refractivity contribution >= 4 is 11.8 Å². The molecule has 0 spiro atoms. The number of aromatic nitrogens is 2. The molecule has 1 aromatic heterocycles. The molecule has 6 nitrogen and oxygen atoms in total. The van der Waals surface area contributed by atoms with Crippen molar-refractivity contribution in [1.82, 2.24) is 14.7 Å². The molecular formula is C16H28N4O2. The van der Waals surface area contributed by atoms with Crippen LogP contribution in [0.15, 0.2) is 12.4 Å². The fourth-order valence-corrected chi connectivity index (χ4v) is 2.56. The van der Waals surface area contributed by atoms with Crippen molar-refractivity contribution < 1.29 is 9.53 Å². The van der Waals surface area contributed by atoms with Crippen LogP contribution in [0.3, 0.4) is 0 Å². The molecule has 0 bridgehead atoms. The standard InChI is InChI=1S/C16H28N4O2/c1-5-8-20-12-14(11-17-20)18-13-6-9-19(10-7-13)15(21)22-16(2,3)4/h11-13,18H,5-10H2,1-4H3. The lowest BCUT2D eigenvalue weighted by atomic mass is 10.1. The van der Waals surface area contributed by atoms with Crippen molar-refractivity contribution in [3.63, 3.8) is 0 Å². The van der Waals surface area contributed by atoms with Crippen LogP contribution in [-0.2, 0) is 11.3 Å². The van der Waals surface area contributed by atoms with E-state index in [0.29, 0.717) is 6.04 Å². The summed E-state index contributed by atoms with van der Waals surface area (Å²) in [5, 5.41) is 7.83. The zero-order chi connectivity index (χ0) is 16.2. The van der Waals surface area contributed by atoms with Gasteiger partial charge in [0.15, 0.2) is 0 Å². The first kappa shape index (κ1) is 16.6. The summed E-state index contributed by atoms with van der Waals surface area (Å²) in [5.41, 5.74) is 0.629. The van der Waals surface area contributed by atoms with E-state index < -0.39 is 5.60 Å². The van der Waals surface area contributed by atoms with Crippen LogP contribution in [0.5, 0.6) is 0 Å². The highest BCUT2D eigenvalue weighted by molar-refractivity contribution is 5.68. The van der Waals surface area contributed by atoms with Gasteiger partial charge in [-0.05, 0) is 40.0 Å². The Bertz CT molecular complexity index is 485. The van der Waals surface area contributed by atoms with Crippen LogP contribution in [0.1, 0.15) is 47.0 Å². The van der Waals surface area contributed by atoms with Crippen LogP contribution in [0, 0.1) is 0 Å². The molecule has 1 saturated heterocycles. The maximum Gasteiger partial charge on any atom is 0.410 e. The van der Waals surface area contributed by atoms with Gasteiger partial charge < -0.3 is 15.0 Å². The highest BCUT2D eigenvalue weighted by atomic mass is 16.6. The van der Waals surface area contributed by atoms with Gasteiger partial charge in [-0.2, -0.15) is 5.10 Å². The fourth-order valence-electron chi connectivity index (χ4n) is 2.56. The van der Waals surface area contributed by atoms with Crippen LogP contribution >= 0.6 is 0 Å². The van der Waals surface area contributed by atoms with Gasteiger partial charge in [0.1, 0.15) is 5.60 Å². The van der Waals surface area contributed by atoms with E-state index in [1.165, 1.54) is 0 Å². The second-order valence-electron chi connectivity index (χ2n) is 6.88. The number of hydrogen-bond donors (Lipinski definition) is 1. The average molecular weight is 308 g/mol. The minimum atomic E-state index is -0.431. The predicted molar refractivity (Wildman–Crippen MR) is 87.0 cm³/mol. The molecule has 2 rings (SSSR count). The maximum atomic E-state index is 12.0. The first-order valence-corrected chi connectivity index (χ1v) is 8.14. The molecule has 0 aliphatic carbocycles. The number of likely N-dealkylation sites (tertiary alicyclic amines) is 1. The van der Waals surface area contributed by atoms with Crippen molar-refractivity contribution in [2.45, 2.75) is 65.1 Å². The lowest BCUT2D eigenvalue weighted by molar-refractivity contribution is 0.0210. The van der Waals surface area contributed by atoms with E-state index in [1.54, 1.807) is 4.90 Å². The van der Waals surface area contributed by atoms with Crippen molar-refractivity contribution in [3.05, 3.63) is 12.4 Å². The van der Waals surface area contributed by atoms with Gasteiger partial charge in [-0.25, -0.2) is 4.79 Å². The normalized spacial score (nSPS) is 16.6. The summed E-state index contributed by atoms with van der Waals surface area (Å²) in [7, 11) is 0. The van der Waals surface area contributed by atoms with E-state index >= 15 is 0 Å². The highest BCUT2D eigenvalue weighted by Gasteiger charge is 2.26. The summed E-state index contributed by atoms with van der Waals surface area (Å²) in [4.78, 5) is 13.8. The van der Waals surface area contributed by atoms with E-state index in [-0.39, 0.29) is 6.09 Å². The molecule has 0 saturated carbocycles. The molecule has 0 radical (unpaired) electrons. The summed E-state index contributed by atoms with van der Waals surface area (Å²) in [6, 6.07) is 0.387. The van der Waals surface area contributed by atoms with Gasteiger partial charge >= 0.3 is 6.09 Å². The van der Waals surface area contributed by atoms with Gasteiger partial charge in [0.05, 0.1) is 11.9 Å². The van der Waals surface area contributed by atoms with Crippen molar-refractivity contribution in [1.29, 1.82) is 0 Å². The first-order valence-electron chi connectivity index (χ1n) is 8.14. The number of carbonyl (C=O) groups excluding carboxylic acids is 1. The van der Waals surface area contributed by atoms with Gasteiger partial charge in [0.2, 0.25) is 0 Å². The number of rotatable bonds is 4. The van der Waals surface area contributed by atoms with E-state index in [1.807, 2.05) is 37.8 Å². The van der Waals surface area contributed by atoms with Crippen LogP contribution < -0.4 is 5.32 Å². The number of hydrogen-bond acceptors (Lipinski definition) is 4. The Morgan fingerprint density at radius 3 is 2.68 bits per heavy atom. The topological polar surface area (TPSA) is 59.4 Å². The monoisotopic (exact) mass is 308 g/mol. The minimum absolute atomic E-state index is 0.207. The molecule has 0 aromatic carbocycles.